The van der Waals surface area contributed by atoms with E-state index in [1.54, 1.807) is 6.26 Å². The highest BCUT2D eigenvalue weighted by molar-refractivity contribution is 7.47. The first-order valence-corrected chi connectivity index (χ1v) is 22.8. The number of hydrogen-bond acceptors (Lipinski definition) is 7. The van der Waals surface area contributed by atoms with E-state index < -0.39 is 19.9 Å². The van der Waals surface area contributed by atoms with Crippen LogP contribution >= 0.6 is 7.82 Å². The van der Waals surface area contributed by atoms with Crippen molar-refractivity contribution in [3.8, 4) is 0 Å². The van der Waals surface area contributed by atoms with E-state index in [2.05, 4.69) is 50.3 Å². The van der Waals surface area contributed by atoms with E-state index in [1.807, 2.05) is 18.2 Å². The summed E-state index contributed by atoms with van der Waals surface area (Å²) in [5.74, 6) is -0.431. The van der Waals surface area contributed by atoms with E-state index in [0.29, 0.717) is 6.42 Å². The zero-order valence-electron chi connectivity index (χ0n) is 34.0. The molecule has 3 N–H and O–H groups in total. The number of rotatable bonds is 40. The van der Waals surface area contributed by atoms with Gasteiger partial charge in [-0.3, -0.25) is 13.8 Å². The number of hydrogen-bond donors (Lipinski definition) is 2. The molecule has 0 aromatic heterocycles. The molecule has 0 aliphatic rings. The molecule has 0 bridgehead atoms. The molecule has 0 aromatic rings. The van der Waals surface area contributed by atoms with Crippen LogP contribution in [0.1, 0.15) is 181 Å². The minimum Gasteiger partial charge on any atom is -0.498 e. The maximum absolute atomic E-state index is 12.5. The number of phosphoric acid groups is 1. The molecule has 0 aromatic carbocycles. The van der Waals surface area contributed by atoms with E-state index in [9.17, 15) is 14.3 Å². The number of allylic oxidation sites excluding steroid dienone is 9. The van der Waals surface area contributed by atoms with Gasteiger partial charge >= 0.3 is 13.8 Å². The van der Waals surface area contributed by atoms with Gasteiger partial charge in [0.25, 0.3) is 0 Å². The van der Waals surface area contributed by atoms with Crippen molar-refractivity contribution in [3.63, 3.8) is 0 Å². The average molecular weight is 766 g/mol. The first kappa shape index (κ1) is 51.0. The van der Waals surface area contributed by atoms with Gasteiger partial charge in [-0.15, -0.1) is 0 Å². The Kier molecular flexibility index (Phi) is 39.7. The standard InChI is InChI=1S/C44H80NO7P/c1-3-5-7-9-11-13-15-17-19-21-23-25-27-29-31-33-35-37-44(46)52-43(42-51-53(47,48)50-40-38-45)41-49-39-36-34-32-30-28-26-24-22-20-18-16-14-12-10-8-6-4-2/h13,15,19,21,25,27,31,33,36,39,43H,3-12,14,16-18,20,22-24,26,28-30,32,34-35,37-38,40-42,45H2,1-2H3,(H,47,48). The average Bonchev–Trinajstić information content (AvgIpc) is 3.15. The summed E-state index contributed by atoms with van der Waals surface area (Å²) in [5, 5.41) is 0. The first-order valence-electron chi connectivity index (χ1n) is 21.3. The summed E-state index contributed by atoms with van der Waals surface area (Å²) in [6.45, 7) is 4.14. The number of phosphoric ester groups is 1. The SMILES string of the molecule is CCCCCCC=CCC=CCC=CCC=CCCC(=O)OC(COC=CCCCCCCCCCCCCCCCCC)COP(=O)(O)OCCN. The predicted octanol–water partition coefficient (Wildman–Crippen LogP) is 12.9. The molecule has 0 amide bonds. The minimum absolute atomic E-state index is 0.00238. The third kappa shape index (κ3) is 41.1. The highest BCUT2D eigenvalue weighted by atomic mass is 31.2. The largest absolute Gasteiger partial charge is 0.498 e. The van der Waals surface area contributed by atoms with Crippen LogP contribution in [-0.2, 0) is 27.9 Å². The van der Waals surface area contributed by atoms with Gasteiger partial charge in [-0.2, -0.15) is 0 Å². The molecule has 0 radical (unpaired) electrons. The molecule has 0 aliphatic heterocycles. The van der Waals surface area contributed by atoms with Gasteiger partial charge in [-0.1, -0.05) is 172 Å². The number of unbranched alkanes of at least 4 members (excludes halogenated alkanes) is 19. The fourth-order valence-electron chi connectivity index (χ4n) is 5.62. The number of carbonyl (C=O) groups excluding carboxylic acids is 1. The van der Waals surface area contributed by atoms with Gasteiger partial charge in [0.05, 0.1) is 19.5 Å². The summed E-state index contributed by atoms with van der Waals surface area (Å²) >= 11 is 0. The lowest BCUT2D eigenvalue weighted by atomic mass is 10.0. The fourth-order valence-corrected chi connectivity index (χ4v) is 6.38. The van der Waals surface area contributed by atoms with Crippen molar-refractivity contribution < 1.29 is 32.8 Å². The summed E-state index contributed by atoms with van der Waals surface area (Å²) in [7, 11) is -4.31. The summed E-state index contributed by atoms with van der Waals surface area (Å²) in [5.41, 5.74) is 5.35. The van der Waals surface area contributed by atoms with Gasteiger partial charge in [0.15, 0.2) is 6.10 Å². The van der Waals surface area contributed by atoms with Crippen LogP contribution in [0.4, 0.5) is 0 Å². The van der Waals surface area contributed by atoms with Crippen molar-refractivity contribution >= 4 is 13.8 Å². The zero-order valence-corrected chi connectivity index (χ0v) is 34.9. The van der Waals surface area contributed by atoms with Crippen LogP contribution in [-0.4, -0.2) is 43.3 Å². The van der Waals surface area contributed by atoms with Crippen molar-refractivity contribution in [1.29, 1.82) is 0 Å². The van der Waals surface area contributed by atoms with E-state index in [1.165, 1.54) is 122 Å². The number of carbonyl (C=O) groups is 1. The molecule has 0 saturated carbocycles. The second-order valence-electron chi connectivity index (χ2n) is 13.9. The van der Waals surface area contributed by atoms with Crippen LogP contribution in [0.2, 0.25) is 0 Å². The van der Waals surface area contributed by atoms with Crippen LogP contribution in [0.3, 0.4) is 0 Å². The Balaban J connectivity index is 4.21. The normalized spacial score (nSPS) is 14.0. The topological polar surface area (TPSA) is 117 Å². The summed E-state index contributed by atoms with van der Waals surface area (Å²) < 4.78 is 33.1. The Morgan fingerprint density at radius 2 is 1.02 bits per heavy atom. The Morgan fingerprint density at radius 1 is 0.585 bits per heavy atom. The Labute approximate surface area is 325 Å². The molecule has 0 heterocycles. The molecule has 0 aliphatic carbocycles. The Morgan fingerprint density at radius 3 is 1.53 bits per heavy atom. The molecular weight excluding hydrogens is 685 g/mol. The molecule has 9 heteroatoms. The van der Waals surface area contributed by atoms with Crippen molar-refractivity contribution in [2.45, 2.75) is 187 Å². The van der Waals surface area contributed by atoms with Crippen molar-refractivity contribution in [2.24, 2.45) is 5.73 Å². The van der Waals surface area contributed by atoms with E-state index >= 15 is 0 Å². The zero-order chi connectivity index (χ0) is 38.8. The molecule has 0 spiro atoms. The van der Waals surface area contributed by atoms with Gasteiger partial charge in [0.2, 0.25) is 0 Å². The van der Waals surface area contributed by atoms with Crippen molar-refractivity contribution in [3.05, 3.63) is 60.9 Å². The van der Waals surface area contributed by atoms with Crippen LogP contribution in [0, 0.1) is 0 Å². The lowest BCUT2D eigenvalue weighted by Gasteiger charge is -2.19. The maximum atomic E-state index is 12.5. The van der Waals surface area contributed by atoms with Crippen molar-refractivity contribution in [2.75, 3.05) is 26.4 Å². The summed E-state index contributed by atoms with van der Waals surface area (Å²) in [6.07, 6.45) is 50.6. The van der Waals surface area contributed by atoms with Gasteiger partial charge in [0.1, 0.15) is 6.61 Å². The Hall–Kier alpha value is -1.96. The fraction of sp³-hybridized carbons (Fsp3) is 0.750. The summed E-state index contributed by atoms with van der Waals surface area (Å²) in [4.78, 5) is 22.4. The van der Waals surface area contributed by atoms with Crippen LogP contribution in [0.5, 0.6) is 0 Å². The predicted molar refractivity (Wildman–Crippen MR) is 224 cm³/mol. The second kappa shape index (κ2) is 41.2. The number of nitrogens with two attached hydrogens (primary N) is 1. The highest BCUT2D eigenvalue weighted by Crippen LogP contribution is 2.43. The molecule has 0 rings (SSSR count). The molecule has 308 valence electrons. The third-order valence-corrected chi connectivity index (χ3v) is 9.75. The molecule has 0 saturated heterocycles. The van der Waals surface area contributed by atoms with Gasteiger partial charge in [-0.25, -0.2) is 4.57 Å². The molecular formula is C44H80NO7P. The lowest BCUT2D eigenvalue weighted by molar-refractivity contribution is -0.153. The molecule has 8 nitrogen and oxygen atoms in total. The maximum Gasteiger partial charge on any atom is 0.472 e. The third-order valence-electron chi connectivity index (χ3n) is 8.77. The molecule has 53 heavy (non-hydrogen) atoms. The van der Waals surface area contributed by atoms with Crippen LogP contribution < -0.4 is 5.73 Å². The number of esters is 1. The molecule has 2 unspecified atom stereocenters. The van der Waals surface area contributed by atoms with Crippen LogP contribution in [0.15, 0.2) is 60.9 Å². The van der Waals surface area contributed by atoms with Gasteiger partial charge in [-0.05, 0) is 57.4 Å². The van der Waals surface area contributed by atoms with E-state index in [-0.39, 0.29) is 32.8 Å². The monoisotopic (exact) mass is 766 g/mol. The minimum atomic E-state index is -4.31. The van der Waals surface area contributed by atoms with Crippen molar-refractivity contribution in [1.82, 2.24) is 0 Å². The smallest absolute Gasteiger partial charge is 0.472 e. The quantitative estimate of drug-likeness (QED) is 0.0208. The van der Waals surface area contributed by atoms with Gasteiger partial charge in [0, 0.05) is 13.0 Å². The lowest BCUT2D eigenvalue weighted by Crippen LogP contribution is -2.27. The number of ether oxygens (including phenoxy) is 2. The molecule has 2 atom stereocenters. The summed E-state index contributed by atoms with van der Waals surface area (Å²) in [6, 6.07) is 0. The highest BCUT2D eigenvalue weighted by Gasteiger charge is 2.25. The second-order valence-corrected chi connectivity index (χ2v) is 15.4. The first-order chi connectivity index (χ1) is 25.9. The molecule has 0 fully saturated rings. The van der Waals surface area contributed by atoms with E-state index in [4.69, 9.17) is 24.3 Å². The van der Waals surface area contributed by atoms with E-state index in [0.717, 1.165) is 32.1 Å². The van der Waals surface area contributed by atoms with Crippen LogP contribution in [0.25, 0.3) is 0 Å². The van der Waals surface area contributed by atoms with Gasteiger partial charge < -0.3 is 20.1 Å². The Bertz CT molecular complexity index is 994.